The lowest BCUT2D eigenvalue weighted by Gasteiger charge is -2.30. The molecule has 0 radical (unpaired) electrons. The van der Waals surface area contributed by atoms with Gasteiger partial charge in [0.05, 0.1) is 6.54 Å². The van der Waals surface area contributed by atoms with E-state index in [1.807, 2.05) is 7.05 Å². The Hall–Kier alpha value is -0.220. The monoisotopic (exact) mass is 192 g/mol. The van der Waals surface area contributed by atoms with Gasteiger partial charge in [0, 0.05) is 6.42 Å². The fourth-order valence-corrected chi connectivity index (χ4v) is 1.77. The highest BCUT2D eigenvalue weighted by atomic mass is 19.3. The molecule has 0 aliphatic carbocycles. The third kappa shape index (κ3) is 3.56. The van der Waals surface area contributed by atoms with Gasteiger partial charge < -0.3 is 10.6 Å². The minimum Gasteiger partial charge on any atom is -0.325 e. The first-order valence-corrected chi connectivity index (χ1v) is 4.80. The Bertz CT molecular complexity index is 154. The fraction of sp³-hybridized carbons (Fsp3) is 1.00. The lowest BCUT2D eigenvalue weighted by molar-refractivity contribution is -0.0213. The summed E-state index contributed by atoms with van der Waals surface area (Å²) in [6.07, 6.45) is 1.73. The predicted octanol–water partition coefficient (Wildman–Crippen LogP) is 1.31. The Kier molecular flexibility index (Phi) is 3.62. The summed E-state index contributed by atoms with van der Waals surface area (Å²) in [5.41, 5.74) is 4.99. The number of hydrogen-bond donors (Lipinski definition) is 1. The normalized spacial score (nSPS) is 22.2. The number of nitrogens with zero attached hydrogens (tertiary/aromatic N) is 1. The van der Waals surface area contributed by atoms with Crippen molar-refractivity contribution in [3.63, 3.8) is 0 Å². The number of hydrogen-bond acceptors (Lipinski definition) is 2. The second kappa shape index (κ2) is 4.33. The quantitative estimate of drug-likeness (QED) is 0.730. The molecule has 0 atom stereocenters. The molecule has 0 saturated carbocycles. The summed E-state index contributed by atoms with van der Waals surface area (Å²) in [4.78, 5) is 2.18. The van der Waals surface area contributed by atoms with Crippen LogP contribution in [-0.2, 0) is 0 Å². The molecule has 2 N–H and O–H groups in total. The van der Waals surface area contributed by atoms with Gasteiger partial charge in [-0.05, 0) is 38.9 Å². The van der Waals surface area contributed by atoms with Crippen molar-refractivity contribution in [1.82, 2.24) is 4.90 Å². The van der Waals surface area contributed by atoms with Crippen LogP contribution in [0, 0.1) is 5.92 Å². The molecule has 1 saturated heterocycles. The third-order valence-corrected chi connectivity index (χ3v) is 2.72. The highest BCUT2D eigenvalue weighted by molar-refractivity contribution is 4.77. The van der Waals surface area contributed by atoms with E-state index in [2.05, 4.69) is 4.90 Å². The van der Waals surface area contributed by atoms with Crippen LogP contribution in [-0.4, -0.2) is 37.5 Å². The van der Waals surface area contributed by atoms with E-state index in [1.165, 1.54) is 0 Å². The highest BCUT2D eigenvalue weighted by Gasteiger charge is 2.31. The molecule has 1 rings (SSSR count). The van der Waals surface area contributed by atoms with Crippen LogP contribution in [0.5, 0.6) is 0 Å². The summed E-state index contributed by atoms with van der Waals surface area (Å²) in [7, 11) is 2.03. The van der Waals surface area contributed by atoms with E-state index < -0.39 is 12.5 Å². The van der Waals surface area contributed by atoms with Crippen LogP contribution in [0.3, 0.4) is 0 Å². The molecule has 78 valence electrons. The van der Waals surface area contributed by atoms with Gasteiger partial charge in [-0.3, -0.25) is 0 Å². The molecule has 0 spiro atoms. The Labute approximate surface area is 78.1 Å². The maximum atomic E-state index is 12.9. The van der Waals surface area contributed by atoms with Crippen LogP contribution >= 0.6 is 0 Å². The fourth-order valence-electron chi connectivity index (χ4n) is 1.77. The molecule has 0 aromatic carbocycles. The minimum absolute atomic E-state index is 0.0304. The molecular formula is C9H18F2N2. The van der Waals surface area contributed by atoms with Gasteiger partial charge in [-0.25, -0.2) is 8.78 Å². The lowest BCUT2D eigenvalue weighted by Crippen LogP contribution is -2.36. The van der Waals surface area contributed by atoms with E-state index in [-0.39, 0.29) is 12.3 Å². The van der Waals surface area contributed by atoms with Crippen molar-refractivity contribution in [3.8, 4) is 0 Å². The summed E-state index contributed by atoms with van der Waals surface area (Å²) in [5, 5.41) is 0. The molecule has 2 nitrogen and oxygen atoms in total. The molecule has 0 aromatic heterocycles. The number of nitrogens with two attached hydrogens (primary N) is 1. The summed E-state index contributed by atoms with van der Waals surface area (Å²) in [5.74, 6) is -2.49. The summed E-state index contributed by atoms with van der Waals surface area (Å²) < 4.78 is 25.8. The summed E-state index contributed by atoms with van der Waals surface area (Å²) in [6.45, 7) is 1.36. The van der Waals surface area contributed by atoms with Gasteiger partial charge in [-0.15, -0.1) is 0 Å². The Morgan fingerprint density at radius 1 is 1.38 bits per heavy atom. The minimum atomic E-state index is -2.65. The zero-order valence-corrected chi connectivity index (χ0v) is 8.10. The van der Waals surface area contributed by atoms with E-state index in [9.17, 15) is 8.78 Å². The Morgan fingerprint density at radius 3 is 2.38 bits per heavy atom. The van der Waals surface area contributed by atoms with Gasteiger partial charge in [0.25, 0.3) is 5.92 Å². The van der Waals surface area contributed by atoms with E-state index >= 15 is 0 Å². The largest absolute Gasteiger partial charge is 0.325 e. The Balaban J connectivity index is 2.30. The molecule has 1 fully saturated rings. The van der Waals surface area contributed by atoms with Crippen molar-refractivity contribution in [3.05, 3.63) is 0 Å². The van der Waals surface area contributed by atoms with Crippen molar-refractivity contribution in [2.75, 3.05) is 26.7 Å². The van der Waals surface area contributed by atoms with Crippen molar-refractivity contribution in [2.45, 2.75) is 25.2 Å². The first-order chi connectivity index (χ1) is 6.03. The maximum Gasteiger partial charge on any atom is 0.260 e. The maximum absolute atomic E-state index is 12.9. The molecule has 1 heterocycles. The van der Waals surface area contributed by atoms with Crippen LogP contribution < -0.4 is 5.73 Å². The zero-order chi connectivity index (χ0) is 9.90. The van der Waals surface area contributed by atoms with E-state index in [1.54, 1.807) is 0 Å². The van der Waals surface area contributed by atoms with E-state index in [4.69, 9.17) is 5.73 Å². The van der Waals surface area contributed by atoms with Gasteiger partial charge in [0.15, 0.2) is 0 Å². The van der Waals surface area contributed by atoms with Crippen LogP contribution in [0.25, 0.3) is 0 Å². The Morgan fingerprint density at radius 2 is 1.92 bits per heavy atom. The van der Waals surface area contributed by atoms with Crippen LogP contribution in [0.2, 0.25) is 0 Å². The second-order valence-electron chi connectivity index (χ2n) is 4.01. The standard InChI is InChI=1S/C9H18F2N2/c1-13-4-2-8(3-5-13)6-9(10,11)7-12/h8H,2-7,12H2,1H3. The molecule has 0 amide bonds. The molecule has 0 aromatic rings. The molecule has 13 heavy (non-hydrogen) atoms. The zero-order valence-electron chi connectivity index (χ0n) is 8.10. The van der Waals surface area contributed by atoms with Crippen LogP contribution in [0.4, 0.5) is 8.78 Å². The number of halogens is 2. The van der Waals surface area contributed by atoms with Crippen LogP contribution in [0.15, 0.2) is 0 Å². The number of likely N-dealkylation sites (tertiary alicyclic amines) is 1. The summed E-state index contributed by atoms with van der Waals surface area (Å²) >= 11 is 0. The third-order valence-electron chi connectivity index (χ3n) is 2.72. The number of rotatable bonds is 3. The van der Waals surface area contributed by atoms with Crippen molar-refractivity contribution < 1.29 is 8.78 Å². The van der Waals surface area contributed by atoms with Crippen molar-refractivity contribution in [2.24, 2.45) is 11.7 Å². The molecule has 1 aliphatic heterocycles. The van der Waals surface area contributed by atoms with Crippen molar-refractivity contribution >= 4 is 0 Å². The van der Waals surface area contributed by atoms with Gasteiger partial charge in [0.2, 0.25) is 0 Å². The predicted molar refractivity (Wildman–Crippen MR) is 48.8 cm³/mol. The number of piperidine rings is 1. The smallest absolute Gasteiger partial charge is 0.260 e. The van der Waals surface area contributed by atoms with E-state index in [0.29, 0.717) is 0 Å². The SMILES string of the molecule is CN1CCC(CC(F)(F)CN)CC1. The van der Waals surface area contributed by atoms with Gasteiger partial charge >= 0.3 is 0 Å². The van der Waals surface area contributed by atoms with Gasteiger partial charge in [-0.2, -0.15) is 0 Å². The lowest BCUT2D eigenvalue weighted by atomic mass is 9.91. The second-order valence-corrected chi connectivity index (χ2v) is 4.01. The van der Waals surface area contributed by atoms with Crippen LogP contribution in [0.1, 0.15) is 19.3 Å². The highest BCUT2D eigenvalue weighted by Crippen LogP contribution is 2.28. The van der Waals surface area contributed by atoms with E-state index in [0.717, 1.165) is 25.9 Å². The first kappa shape index (κ1) is 10.9. The average molecular weight is 192 g/mol. The van der Waals surface area contributed by atoms with Gasteiger partial charge in [0.1, 0.15) is 0 Å². The van der Waals surface area contributed by atoms with Gasteiger partial charge in [-0.1, -0.05) is 0 Å². The van der Waals surface area contributed by atoms with Crippen molar-refractivity contribution in [1.29, 1.82) is 0 Å². The average Bonchev–Trinajstić information content (AvgIpc) is 2.09. The molecule has 4 heteroatoms. The summed E-state index contributed by atoms with van der Waals surface area (Å²) in [6, 6.07) is 0. The first-order valence-electron chi connectivity index (χ1n) is 4.80. The topological polar surface area (TPSA) is 29.3 Å². The number of alkyl halides is 2. The molecule has 0 unspecified atom stereocenters. The molecule has 0 bridgehead atoms. The molecule has 1 aliphatic rings. The molecular weight excluding hydrogens is 174 g/mol.